The summed E-state index contributed by atoms with van der Waals surface area (Å²) >= 11 is 0. The lowest BCUT2D eigenvalue weighted by Gasteiger charge is -2.14. The zero-order valence-electron chi connectivity index (χ0n) is 11.2. The lowest BCUT2D eigenvalue weighted by atomic mass is 10.1. The molecule has 2 aromatic rings. The summed E-state index contributed by atoms with van der Waals surface area (Å²) in [5.41, 5.74) is 8.79. The lowest BCUT2D eigenvalue weighted by molar-refractivity contribution is 0.0692. The minimum absolute atomic E-state index is 0.185. The Bertz CT molecular complexity index is 684. The first-order valence-electron chi connectivity index (χ1n) is 6.05. The highest BCUT2D eigenvalue weighted by molar-refractivity contribution is 5.91. The fourth-order valence-corrected chi connectivity index (χ4v) is 1.89. The number of nitrogens with two attached hydrogens (primary N) is 1. The van der Waals surface area contributed by atoms with E-state index in [1.165, 1.54) is 0 Å². The van der Waals surface area contributed by atoms with Crippen LogP contribution in [0, 0.1) is 19.7 Å². The molecule has 0 fully saturated rings. The minimum Gasteiger partial charge on any atom is -0.478 e. The van der Waals surface area contributed by atoms with E-state index in [1.54, 1.807) is 0 Å². The van der Waals surface area contributed by atoms with E-state index in [0.717, 1.165) is 28.9 Å². The van der Waals surface area contributed by atoms with E-state index >= 15 is 0 Å². The molecule has 0 heterocycles. The average Bonchev–Trinajstić information content (AvgIpc) is 2.38. The number of carbonyl (C=O) groups is 1. The van der Waals surface area contributed by atoms with Crippen LogP contribution >= 0.6 is 0 Å². The highest BCUT2D eigenvalue weighted by atomic mass is 19.1. The molecule has 4 nitrogen and oxygen atoms in total. The maximum atomic E-state index is 13.7. The number of halogens is 1. The standard InChI is InChI=1S/C15H15FN2O2/c1-8-4-3-5-13(9(8)2)18-14-7-11(16)10(15(19)20)6-12(14)17/h3-7,18H,17H2,1-2H3,(H,19,20). The van der Waals surface area contributed by atoms with Crippen LogP contribution < -0.4 is 11.1 Å². The molecule has 5 heteroatoms. The van der Waals surface area contributed by atoms with Crippen molar-refractivity contribution in [2.45, 2.75) is 13.8 Å². The van der Waals surface area contributed by atoms with Gasteiger partial charge < -0.3 is 16.2 Å². The maximum absolute atomic E-state index is 13.7. The molecule has 0 aliphatic carbocycles. The Morgan fingerprint density at radius 3 is 2.60 bits per heavy atom. The third-order valence-electron chi connectivity index (χ3n) is 3.24. The van der Waals surface area contributed by atoms with E-state index in [9.17, 15) is 9.18 Å². The van der Waals surface area contributed by atoms with Crippen LogP contribution in [0.4, 0.5) is 21.5 Å². The summed E-state index contributed by atoms with van der Waals surface area (Å²) in [6.07, 6.45) is 0. The number of anilines is 3. The molecular formula is C15H15FN2O2. The number of aromatic carboxylic acids is 1. The van der Waals surface area contributed by atoms with Crippen LogP contribution in [-0.4, -0.2) is 11.1 Å². The SMILES string of the molecule is Cc1cccc(Nc2cc(F)c(C(=O)O)cc2N)c1C. The van der Waals surface area contributed by atoms with Gasteiger partial charge in [0.2, 0.25) is 0 Å². The number of carboxylic acids is 1. The van der Waals surface area contributed by atoms with E-state index in [1.807, 2.05) is 32.0 Å². The number of carboxylic acid groups (broad SMARTS) is 1. The molecule has 0 atom stereocenters. The summed E-state index contributed by atoms with van der Waals surface area (Å²) in [6.45, 7) is 3.91. The predicted molar refractivity (Wildman–Crippen MR) is 77.0 cm³/mol. The molecular weight excluding hydrogens is 259 g/mol. The Labute approximate surface area is 116 Å². The molecule has 0 amide bonds. The van der Waals surface area contributed by atoms with Crippen molar-refractivity contribution in [2.75, 3.05) is 11.1 Å². The quantitative estimate of drug-likeness (QED) is 0.749. The number of hydrogen-bond acceptors (Lipinski definition) is 3. The zero-order chi connectivity index (χ0) is 14.9. The number of rotatable bonds is 3. The van der Waals surface area contributed by atoms with Gasteiger partial charge in [-0.05, 0) is 37.1 Å². The van der Waals surface area contributed by atoms with Crippen molar-refractivity contribution in [1.82, 2.24) is 0 Å². The molecule has 4 N–H and O–H groups in total. The normalized spacial score (nSPS) is 10.3. The third kappa shape index (κ3) is 2.56. The molecule has 2 rings (SSSR count). The topological polar surface area (TPSA) is 75.3 Å². The number of aryl methyl sites for hydroxylation is 1. The summed E-state index contributed by atoms with van der Waals surface area (Å²) in [5, 5.41) is 11.9. The van der Waals surface area contributed by atoms with Crippen LogP contribution in [-0.2, 0) is 0 Å². The molecule has 0 aromatic heterocycles. The van der Waals surface area contributed by atoms with Crippen molar-refractivity contribution >= 4 is 23.0 Å². The molecule has 0 spiro atoms. The number of nitrogens with one attached hydrogen (secondary N) is 1. The van der Waals surface area contributed by atoms with Crippen LogP contribution in [0.25, 0.3) is 0 Å². The third-order valence-corrected chi connectivity index (χ3v) is 3.24. The van der Waals surface area contributed by atoms with Crippen molar-refractivity contribution in [1.29, 1.82) is 0 Å². The van der Waals surface area contributed by atoms with Crippen LogP contribution in [0.5, 0.6) is 0 Å². The monoisotopic (exact) mass is 274 g/mol. The Balaban J connectivity index is 2.42. The second-order valence-corrected chi connectivity index (χ2v) is 4.60. The van der Waals surface area contributed by atoms with E-state index < -0.39 is 17.3 Å². The van der Waals surface area contributed by atoms with Crippen molar-refractivity contribution < 1.29 is 14.3 Å². The summed E-state index contributed by atoms with van der Waals surface area (Å²) < 4.78 is 13.7. The smallest absolute Gasteiger partial charge is 0.338 e. The molecule has 0 saturated carbocycles. The average molecular weight is 274 g/mol. The van der Waals surface area contributed by atoms with Crippen molar-refractivity contribution in [2.24, 2.45) is 0 Å². The van der Waals surface area contributed by atoms with Gasteiger partial charge in [0.05, 0.1) is 16.9 Å². The van der Waals surface area contributed by atoms with Crippen molar-refractivity contribution in [3.63, 3.8) is 0 Å². The van der Waals surface area contributed by atoms with Gasteiger partial charge in [-0.25, -0.2) is 9.18 Å². The molecule has 0 saturated heterocycles. The second-order valence-electron chi connectivity index (χ2n) is 4.60. The first-order valence-corrected chi connectivity index (χ1v) is 6.05. The molecule has 2 aromatic carbocycles. The molecule has 0 aliphatic rings. The van der Waals surface area contributed by atoms with Crippen LogP contribution in [0.15, 0.2) is 30.3 Å². The van der Waals surface area contributed by atoms with E-state index in [2.05, 4.69) is 5.32 Å². The zero-order valence-corrected chi connectivity index (χ0v) is 11.2. The summed E-state index contributed by atoms with van der Waals surface area (Å²) in [4.78, 5) is 10.8. The largest absolute Gasteiger partial charge is 0.478 e. The van der Waals surface area contributed by atoms with Gasteiger partial charge in [0, 0.05) is 11.8 Å². The fourth-order valence-electron chi connectivity index (χ4n) is 1.89. The van der Waals surface area contributed by atoms with E-state index in [0.29, 0.717) is 5.69 Å². The van der Waals surface area contributed by atoms with Gasteiger partial charge in [-0.1, -0.05) is 12.1 Å². The Hall–Kier alpha value is -2.56. The van der Waals surface area contributed by atoms with Crippen LogP contribution in [0.1, 0.15) is 21.5 Å². The summed E-state index contributed by atoms with van der Waals surface area (Å²) in [6, 6.07) is 7.91. The fraction of sp³-hybridized carbons (Fsp3) is 0.133. The molecule has 0 bridgehead atoms. The van der Waals surface area contributed by atoms with Gasteiger partial charge in [-0.2, -0.15) is 0 Å². The van der Waals surface area contributed by atoms with Gasteiger partial charge in [0.1, 0.15) is 5.82 Å². The van der Waals surface area contributed by atoms with Crippen LogP contribution in [0.3, 0.4) is 0 Å². The Kier molecular flexibility index (Phi) is 3.61. The molecule has 0 unspecified atom stereocenters. The predicted octanol–water partition coefficient (Wildman–Crippen LogP) is 3.47. The first-order chi connectivity index (χ1) is 9.40. The Morgan fingerprint density at radius 1 is 1.25 bits per heavy atom. The van der Waals surface area contributed by atoms with Gasteiger partial charge in [0.25, 0.3) is 0 Å². The molecule has 104 valence electrons. The van der Waals surface area contributed by atoms with Crippen LogP contribution in [0.2, 0.25) is 0 Å². The number of benzene rings is 2. The summed E-state index contributed by atoms with van der Waals surface area (Å²) in [7, 11) is 0. The van der Waals surface area contributed by atoms with E-state index in [-0.39, 0.29) is 5.69 Å². The van der Waals surface area contributed by atoms with Crippen molar-refractivity contribution in [3.05, 3.63) is 52.8 Å². The number of nitrogen functional groups attached to an aromatic ring is 1. The molecule has 0 aliphatic heterocycles. The van der Waals surface area contributed by atoms with Gasteiger partial charge >= 0.3 is 5.97 Å². The second kappa shape index (κ2) is 5.21. The minimum atomic E-state index is -1.34. The first kappa shape index (κ1) is 13.9. The Morgan fingerprint density at radius 2 is 1.95 bits per heavy atom. The molecule has 20 heavy (non-hydrogen) atoms. The number of hydrogen-bond donors (Lipinski definition) is 3. The lowest BCUT2D eigenvalue weighted by Crippen LogP contribution is -2.05. The highest BCUT2D eigenvalue weighted by Crippen LogP contribution is 2.28. The van der Waals surface area contributed by atoms with Gasteiger partial charge in [-0.15, -0.1) is 0 Å². The highest BCUT2D eigenvalue weighted by Gasteiger charge is 2.14. The van der Waals surface area contributed by atoms with E-state index in [4.69, 9.17) is 10.8 Å². The van der Waals surface area contributed by atoms with Crippen molar-refractivity contribution in [3.8, 4) is 0 Å². The summed E-state index contributed by atoms with van der Waals surface area (Å²) in [5.74, 6) is -2.16. The molecule has 0 radical (unpaired) electrons. The van der Waals surface area contributed by atoms with Gasteiger partial charge in [0.15, 0.2) is 0 Å². The van der Waals surface area contributed by atoms with Gasteiger partial charge in [-0.3, -0.25) is 0 Å². The maximum Gasteiger partial charge on any atom is 0.338 e.